The second-order valence-corrected chi connectivity index (χ2v) is 23.4. The van der Waals surface area contributed by atoms with Crippen molar-refractivity contribution in [2.75, 3.05) is 13.2 Å². The Labute approximate surface area is 444 Å². The van der Waals surface area contributed by atoms with E-state index >= 15 is 0 Å². The lowest BCUT2D eigenvalue weighted by molar-refractivity contribution is -0.167. The van der Waals surface area contributed by atoms with Crippen LogP contribution in [0.2, 0.25) is 0 Å². The van der Waals surface area contributed by atoms with Crippen molar-refractivity contribution < 1.29 is 28.6 Å². The van der Waals surface area contributed by atoms with Crippen molar-refractivity contribution in [1.82, 2.24) is 0 Å². The molecule has 0 unspecified atom stereocenters. The van der Waals surface area contributed by atoms with Crippen molar-refractivity contribution in [3.05, 3.63) is 0 Å². The molecule has 6 nitrogen and oxygen atoms in total. The lowest BCUT2D eigenvalue weighted by Crippen LogP contribution is -2.30. The predicted octanol–water partition coefficient (Wildman–Crippen LogP) is 21.6. The van der Waals surface area contributed by atoms with E-state index in [2.05, 4.69) is 34.6 Å². The molecule has 0 N–H and O–H groups in total. The monoisotopic (exact) mass is 1000 g/mol. The topological polar surface area (TPSA) is 78.9 Å². The fraction of sp³-hybridized carbons (Fsp3) is 0.954. The molecule has 422 valence electrons. The fourth-order valence-corrected chi connectivity index (χ4v) is 10.1. The minimum Gasteiger partial charge on any atom is -0.462 e. The average Bonchev–Trinajstić information content (AvgIpc) is 3.35. The van der Waals surface area contributed by atoms with Crippen LogP contribution < -0.4 is 0 Å². The van der Waals surface area contributed by atoms with Crippen molar-refractivity contribution in [3.63, 3.8) is 0 Å². The van der Waals surface area contributed by atoms with Gasteiger partial charge < -0.3 is 14.2 Å². The molecule has 0 bridgehead atoms. The summed E-state index contributed by atoms with van der Waals surface area (Å²) in [5.41, 5.74) is 0. The maximum Gasteiger partial charge on any atom is 0.306 e. The number of ether oxygens (including phenoxy) is 3. The van der Waals surface area contributed by atoms with Crippen molar-refractivity contribution in [2.24, 2.45) is 11.8 Å². The van der Waals surface area contributed by atoms with Crippen LogP contribution >= 0.6 is 0 Å². The number of hydrogen-bond acceptors (Lipinski definition) is 6. The molecule has 0 aromatic carbocycles. The van der Waals surface area contributed by atoms with E-state index in [1.165, 1.54) is 257 Å². The Bertz CT molecular complexity index is 1090. The van der Waals surface area contributed by atoms with Crippen LogP contribution in [0.15, 0.2) is 0 Å². The summed E-state index contributed by atoms with van der Waals surface area (Å²) in [6, 6.07) is 0. The number of carbonyl (C=O) groups excluding carboxylic acids is 3. The average molecular weight is 1000 g/mol. The van der Waals surface area contributed by atoms with E-state index in [9.17, 15) is 14.4 Å². The molecule has 0 saturated heterocycles. The molecule has 6 heteroatoms. The molecule has 0 aliphatic rings. The zero-order valence-electron chi connectivity index (χ0n) is 48.9. The van der Waals surface area contributed by atoms with Crippen LogP contribution in [0.3, 0.4) is 0 Å². The molecule has 0 heterocycles. The quantitative estimate of drug-likeness (QED) is 0.0343. The van der Waals surface area contributed by atoms with Gasteiger partial charge in [0.05, 0.1) is 0 Å². The minimum atomic E-state index is -0.764. The molecule has 0 aliphatic heterocycles. The Morgan fingerprint density at radius 3 is 0.690 bits per heavy atom. The molecule has 0 aromatic heterocycles. The smallest absolute Gasteiger partial charge is 0.306 e. The van der Waals surface area contributed by atoms with E-state index < -0.39 is 6.10 Å². The molecule has 0 amide bonds. The van der Waals surface area contributed by atoms with E-state index in [4.69, 9.17) is 14.2 Å². The zero-order chi connectivity index (χ0) is 51.8. The summed E-state index contributed by atoms with van der Waals surface area (Å²) in [6.45, 7) is 11.4. The van der Waals surface area contributed by atoms with Gasteiger partial charge >= 0.3 is 17.9 Å². The first-order chi connectivity index (χ1) is 34.7. The minimum absolute atomic E-state index is 0.0620. The third kappa shape index (κ3) is 59.2. The summed E-state index contributed by atoms with van der Waals surface area (Å²) in [4.78, 5) is 38.3. The summed E-state index contributed by atoms with van der Waals surface area (Å²) in [7, 11) is 0. The van der Waals surface area contributed by atoms with Crippen LogP contribution in [0.4, 0.5) is 0 Å². The van der Waals surface area contributed by atoms with Gasteiger partial charge in [0.2, 0.25) is 0 Å². The van der Waals surface area contributed by atoms with Crippen LogP contribution in [0.5, 0.6) is 0 Å². The van der Waals surface area contributed by atoms with Crippen LogP contribution in [0.1, 0.15) is 369 Å². The van der Waals surface area contributed by atoms with Gasteiger partial charge in [0, 0.05) is 19.3 Å². The molecule has 0 fully saturated rings. The molecule has 0 rings (SSSR count). The lowest BCUT2D eigenvalue weighted by Gasteiger charge is -2.18. The Hall–Kier alpha value is -1.59. The van der Waals surface area contributed by atoms with Crippen LogP contribution in [-0.4, -0.2) is 37.2 Å². The SMILES string of the molecule is CCCCCCCCCCCCCCCCCCCCCC(=O)OC[C@H](COC(=O)CCCCCCCCCCCCC(C)C)OC(=O)CCCCCCCCCCCCCCCCCCCCC(C)C. The molecule has 0 saturated carbocycles. The van der Waals surface area contributed by atoms with Crippen molar-refractivity contribution in [3.8, 4) is 0 Å². The lowest BCUT2D eigenvalue weighted by atomic mass is 10.0. The zero-order valence-corrected chi connectivity index (χ0v) is 48.9. The van der Waals surface area contributed by atoms with E-state index in [1.54, 1.807) is 0 Å². The predicted molar refractivity (Wildman–Crippen MR) is 307 cm³/mol. The highest BCUT2D eigenvalue weighted by molar-refractivity contribution is 5.71. The molecule has 71 heavy (non-hydrogen) atoms. The second kappa shape index (κ2) is 57.7. The summed E-state index contributed by atoms with van der Waals surface area (Å²) in [6.07, 6.45) is 64.0. The van der Waals surface area contributed by atoms with Crippen LogP contribution in [0, 0.1) is 11.8 Å². The van der Waals surface area contributed by atoms with E-state index in [0.29, 0.717) is 19.3 Å². The molecule has 0 spiro atoms. The largest absolute Gasteiger partial charge is 0.462 e. The van der Waals surface area contributed by atoms with Gasteiger partial charge in [-0.05, 0) is 31.1 Å². The highest BCUT2D eigenvalue weighted by atomic mass is 16.6. The summed E-state index contributed by atoms with van der Waals surface area (Å²) < 4.78 is 17.0. The van der Waals surface area contributed by atoms with Crippen LogP contribution in [0.25, 0.3) is 0 Å². The number of rotatable bonds is 59. The molecular formula is C65H126O6. The number of unbranched alkanes of at least 4 members (excludes halogenated alkanes) is 44. The Balaban J connectivity index is 4.25. The summed E-state index contributed by atoms with van der Waals surface area (Å²) in [5.74, 6) is 0.844. The van der Waals surface area contributed by atoms with Gasteiger partial charge in [-0.1, -0.05) is 330 Å². The van der Waals surface area contributed by atoms with Gasteiger partial charge in [0.15, 0.2) is 6.10 Å². The van der Waals surface area contributed by atoms with Gasteiger partial charge in [0.25, 0.3) is 0 Å². The first-order valence-corrected chi connectivity index (χ1v) is 32.2. The van der Waals surface area contributed by atoms with E-state index in [-0.39, 0.29) is 31.1 Å². The summed E-state index contributed by atoms with van der Waals surface area (Å²) in [5, 5.41) is 0. The van der Waals surface area contributed by atoms with Gasteiger partial charge in [-0.25, -0.2) is 0 Å². The van der Waals surface area contributed by atoms with Crippen molar-refractivity contribution in [2.45, 2.75) is 375 Å². The normalized spacial score (nSPS) is 12.0. The Kier molecular flexibility index (Phi) is 56.4. The highest BCUT2D eigenvalue weighted by Gasteiger charge is 2.19. The van der Waals surface area contributed by atoms with E-state index in [0.717, 1.165) is 69.6 Å². The number of carbonyl (C=O) groups is 3. The molecule has 0 aromatic rings. The standard InChI is InChI=1S/C65H126O6/c1-6-7-8-9-10-11-12-13-14-15-16-20-23-26-29-35-40-45-50-55-63(66)69-58-62(59-70-64(67)56-51-46-41-36-32-31-34-39-44-49-54-61(4)5)71-65(68)57-52-47-42-37-30-27-24-21-18-17-19-22-25-28-33-38-43-48-53-60(2)3/h60-62H,6-59H2,1-5H3/t62-/m1/s1. The molecule has 0 aliphatic carbocycles. The first kappa shape index (κ1) is 69.4. The second-order valence-electron chi connectivity index (χ2n) is 23.4. The van der Waals surface area contributed by atoms with Gasteiger partial charge in [-0.2, -0.15) is 0 Å². The Morgan fingerprint density at radius 2 is 0.465 bits per heavy atom. The maximum absolute atomic E-state index is 12.9. The van der Waals surface area contributed by atoms with Crippen molar-refractivity contribution >= 4 is 17.9 Å². The van der Waals surface area contributed by atoms with Crippen LogP contribution in [-0.2, 0) is 28.6 Å². The van der Waals surface area contributed by atoms with Gasteiger partial charge in [-0.3, -0.25) is 14.4 Å². The molecule has 1 atom stereocenters. The fourth-order valence-electron chi connectivity index (χ4n) is 10.1. The summed E-state index contributed by atoms with van der Waals surface area (Å²) >= 11 is 0. The highest BCUT2D eigenvalue weighted by Crippen LogP contribution is 2.19. The first-order valence-electron chi connectivity index (χ1n) is 32.2. The molecular weight excluding hydrogens is 877 g/mol. The van der Waals surface area contributed by atoms with E-state index in [1.807, 2.05) is 0 Å². The third-order valence-electron chi connectivity index (χ3n) is 15.0. The number of hydrogen-bond donors (Lipinski definition) is 0. The Morgan fingerprint density at radius 1 is 0.268 bits per heavy atom. The maximum atomic E-state index is 12.9. The van der Waals surface area contributed by atoms with Crippen molar-refractivity contribution in [1.29, 1.82) is 0 Å². The van der Waals surface area contributed by atoms with Gasteiger partial charge in [-0.15, -0.1) is 0 Å². The van der Waals surface area contributed by atoms with Gasteiger partial charge in [0.1, 0.15) is 13.2 Å². The third-order valence-corrected chi connectivity index (χ3v) is 15.0. The molecule has 0 radical (unpaired) electrons. The number of esters is 3.